The molecule has 2 heterocycles. The molecular formula is C25H28N6O2S. The highest BCUT2D eigenvalue weighted by Crippen LogP contribution is 2.32. The molecule has 0 radical (unpaired) electrons. The van der Waals surface area contributed by atoms with E-state index in [9.17, 15) is 4.79 Å². The van der Waals surface area contributed by atoms with Crippen molar-refractivity contribution >= 4 is 23.7 Å². The fourth-order valence-corrected chi connectivity index (χ4v) is 4.20. The molecule has 0 aliphatic carbocycles. The molecule has 0 fully saturated rings. The summed E-state index contributed by atoms with van der Waals surface area (Å²) in [6.45, 7) is 10.3. The Hall–Kier alpha value is -3.46. The average molecular weight is 477 g/mol. The average Bonchev–Trinajstić information content (AvgIpc) is 3.45. The zero-order valence-electron chi connectivity index (χ0n) is 19.9. The molecule has 1 N–H and O–H groups in total. The van der Waals surface area contributed by atoms with Crippen LogP contribution in [0.15, 0.2) is 58.1 Å². The van der Waals surface area contributed by atoms with Crippen LogP contribution >= 0.6 is 11.8 Å². The van der Waals surface area contributed by atoms with Gasteiger partial charge in [0.05, 0.1) is 11.4 Å². The van der Waals surface area contributed by atoms with Gasteiger partial charge in [0.1, 0.15) is 0 Å². The van der Waals surface area contributed by atoms with Crippen molar-refractivity contribution < 1.29 is 9.21 Å². The van der Waals surface area contributed by atoms with Crippen molar-refractivity contribution in [1.29, 1.82) is 0 Å². The van der Waals surface area contributed by atoms with Gasteiger partial charge in [-0.1, -0.05) is 92.6 Å². The number of benzene rings is 2. The Morgan fingerprint density at radius 2 is 1.71 bits per heavy atom. The van der Waals surface area contributed by atoms with Gasteiger partial charge in [0, 0.05) is 11.5 Å². The van der Waals surface area contributed by atoms with Crippen molar-refractivity contribution in [2.75, 3.05) is 11.1 Å². The quantitative estimate of drug-likeness (QED) is 0.330. The van der Waals surface area contributed by atoms with Crippen molar-refractivity contribution in [2.45, 2.75) is 51.6 Å². The summed E-state index contributed by atoms with van der Waals surface area (Å²) in [5.74, 6) is 1.47. The molecule has 0 saturated heterocycles. The van der Waals surface area contributed by atoms with Gasteiger partial charge in [-0.05, 0) is 24.5 Å². The van der Waals surface area contributed by atoms with E-state index in [0.29, 0.717) is 17.0 Å². The van der Waals surface area contributed by atoms with Crippen LogP contribution in [0.25, 0.3) is 17.1 Å². The molecule has 0 unspecified atom stereocenters. The van der Waals surface area contributed by atoms with Crippen LogP contribution in [-0.2, 0) is 4.79 Å². The van der Waals surface area contributed by atoms with E-state index < -0.39 is 0 Å². The van der Waals surface area contributed by atoms with Gasteiger partial charge in [-0.3, -0.25) is 14.7 Å². The molecule has 1 amide bonds. The molecule has 34 heavy (non-hydrogen) atoms. The highest BCUT2D eigenvalue weighted by Gasteiger charge is 2.21. The zero-order chi connectivity index (χ0) is 24.2. The number of aromatic nitrogens is 5. The molecule has 0 aliphatic rings. The van der Waals surface area contributed by atoms with Gasteiger partial charge in [-0.2, -0.15) is 0 Å². The first-order valence-electron chi connectivity index (χ1n) is 11.2. The minimum Gasteiger partial charge on any atom is -0.408 e. The Balaban J connectivity index is 1.63. The smallest absolute Gasteiger partial charge is 0.322 e. The number of aryl methyl sites for hydroxylation is 1. The predicted octanol–water partition coefficient (Wildman–Crippen LogP) is 5.60. The fourth-order valence-electron chi connectivity index (χ4n) is 3.45. The number of thioether (sulfide) groups is 1. The van der Waals surface area contributed by atoms with Gasteiger partial charge >= 0.3 is 6.01 Å². The first kappa shape index (κ1) is 23.7. The number of nitrogens with zero attached hydrogens (tertiary/aromatic N) is 5. The second kappa shape index (κ2) is 10.2. The third kappa shape index (κ3) is 5.20. The first-order chi connectivity index (χ1) is 16.3. The predicted molar refractivity (Wildman–Crippen MR) is 133 cm³/mol. The number of anilines is 1. The Kier molecular flexibility index (Phi) is 7.12. The van der Waals surface area contributed by atoms with E-state index in [2.05, 4.69) is 70.7 Å². The number of carbonyl (C=O) groups excluding carboxylic acids is 1. The van der Waals surface area contributed by atoms with Gasteiger partial charge in [0.15, 0.2) is 11.0 Å². The van der Waals surface area contributed by atoms with Crippen molar-refractivity contribution in [3.63, 3.8) is 0 Å². The summed E-state index contributed by atoms with van der Waals surface area (Å²) in [5.41, 5.74) is 4.30. The van der Waals surface area contributed by atoms with Crippen molar-refractivity contribution in [2.24, 2.45) is 0 Å². The molecule has 0 bridgehead atoms. The standard InChI is InChI=1S/C25H28N6O2S/c1-15(2)19-8-6-7-9-20(19)31-22(18-12-10-17(5)11-13-18)27-30-25(31)34-14-21(32)26-24-29-28-23(33-24)16(3)4/h6-13,15-16H,14H2,1-5H3,(H,26,29,32). The van der Waals surface area contributed by atoms with Crippen molar-refractivity contribution in [3.8, 4) is 17.1 Å². The Morgan fingerprint density at radius 3 is 2.38 bits per heavy atom. The van der Waals surface area contributed by atoms with E-state index in [1.807, 2.05) is 42.7 Å². The lowest BCUT2D eigenvalue weighted by atomic mass is 10.0. The van der Waals surface area contributed by atoms with Crippen molar-refractivity contribution in [1.82, 2.24) is 25.0 Å². The lowest BCUT2D eigenvalue weighted by molar-refractivity contribution is -0.113. The normalized spacial score (nSPS) is 11.4. The van der Waals surface area contributed by atoms with Crippen molar-refractivity contribution in [3.05, 3.63) is 65.5 Å². The van der Waals surface area contributed by atoms with Gasteiger partial charge in [0.2, 0.25) is 11.8 Å². The summed E-state index contributed by atoms with van der Waals surface area (Å²) in [6.07, 6.45) is 0. The molecule has 4 rings (SSSR count). The number of carbonyl (C=O) groups is 1. The van der Waals surface area contributed by atoms with E-state index in [4.69, 9.17) is 4.42 Å². The lowest BCUT2D eigenvalue weighted by Gasteiger charge is -2.17. The first-order valence-corrected chi connectivity index (χ1v) is 12.2. The third-order valence-corrected chi connectivity index (χ3v) is 6.18. The number of nitrogens with one attached hydrogen (secondary N) is 1. The Labute approximate surface area is 203 Å². The number of hydrogen-bond acceptors (Lipinski definition) is 7. The van der Waals surface area contributed by atoms with Gasteiger partial charge in [-0.15, -0.1) is 15.3 Å². The van der Waals surface area contributed by atoms with E-state index in [0.717, 1.165) is 17.1 Å². The van der Waals surface area contributed by atoms with Crippen LogP contribution in [0.2, 0.25) is 0 Å². The summed E-state index contributed by atoms with van der Waals surface area (Å²) in [5, 5.41) is 20.1. The summed E-state index contributed by atoms with van der Waals surface area (Å²) in [7, 11) is 0. The molecule has 176 valence electrons. The maximum Gasteiger partial charge on any atom is 0.322 e. The van der Waals surface area contributed by atoms with Crippen LogP contribution in [0.5, 0.6) is 0 Å². The Bertz CT molecular complexity index is 1280. The molecular weight excluding hydrogens is 448 g/mol. The Morgan fingerprint density at radius 1 is 0.971 bits per heavy atom. The largest absolute Gasteiger partial charge is 0.408 e. The fraction of sp³-hybridized carbons (Fsp3) is 0.320. The highest BCUT2D eigenvalue weighted by atomic mass is 32.2. The summed E-state index contributed by atoms with van der Waals surface area (Å²) in [6, 6.07) is 16.5. The molecule has 4 aromatic rings. The van der Waals surface area contributed by atoms with Crippen LogP contribution in [0.3, 0.4) is 0 Å². The molecule has 0 saturated carbocycles. The summed E-state index contributed by atoms with van der Waals surface area (Å²) < 4.78 is 7.51. The summed E-state index contributed by atoms with van der Waals surface area (Å²) >= 11 is 1.31. The SMILES string of the molecule is Cc1ccc(-c2nnc(SCC(=O)Nc3nnc(C(C)C)o3)n2-c2ccccc2C(C)C)cc1. The van der Waals surface area contributed by atoms with Crippen LogP contribution in [0.1, 0.15) is 56.5 Å². The third-order valence-electron chi connectivity index (χ3n) is 5.26. The monoisotopic (exact) mass is 476 g/mol. The van der Waals surface area contributed by atoms with E-state index in [1.54, 1.807) is 0 Å². The van der Waals surface area contributed by atoms with Crippen LogP contribution < -0.4 is 5.32 Å². The van der Waals surface area contributed by atoms with E-state index in [1.165, 1.54) is 22.9 Å². The number of amides is 1. The second-order valence-corrected chi connectivity index (χ2v) is 9.60. The molecule has 0 spiro atoms. The van der Waals surface area contributed by atoms with Crippen LogP contribution in [-0.4, -0.2) is 36.6 Å². The molecule has 0 atom stereocenters. The lowest BCUT2D eigenvalue weighted by Crippen LogP contribution is -2.15. The number of para-hydroxylation sites is 1. The molecule has 8 nitrogen and oxygen atoms in total. The zero-order valence-corrected chi connectivity index (χ0v) is 20.8. The number of hydrogen-bond donors (Lipinski definition) is 1. The highest BCUT2D eigenvalue weighted by molar-refractivity contribution is 7.99. The minimum absolute atomic E-state index is 0.0901. The molecule has 9 heteroatoms. The summed E-state index contributed by atoms with van der Waals surface area (Å²) in [4.78, 5) is 12.6. The second-order valence-electron chi connectivity index (χ2n) is 8.66. The molecule has 0 aliphatic heterocycles. The maximum absolute atomic E-state index is 12.6. The van der Waals surface area contributed by atoms with Gasteiger partial charge in [0.25, 0.3) is 0 Å². The number of rotatable bonds is 8. The molecule has 2 aromatic heterocycles. The van der Waals surface area contributed by atoms with Crippen LogP contribution in [0.4, 0.5) is 6.01 Å². The molecule has 2 aromatic carbocycles. The van der Waals surface area contributed by atoms with Gasteiger partial charge < -0.3 is 4.42 Å². The maximum atomic E-state index is 12.6. The van der Waals surface area contributed by atoms with Gasteiger partial charge in [-0.25, -0.2) is 0 Å². The minimum atomic E-state index is -0.257. The topological polar surface area (TPSA) is 98.7 Å². The van der Waals surface area contributed by atoms with Crippen LogP contribution in [0, 0.1) is 6.92 Å². The van der Waals surface area contributed by atoms with E-state index in [-0.39, 0.29) is 23.6 Å². The van der Waals surface area contributed by atoms with E-state index >= 15 is 0 Å².